The summed E-state index contributed by atoms with van der Waals surface area (Å²) < 4.78 is 10.2. The van der Waals surface area contributed by atoms with Gasteiger partial charge in [-0.1, -0.05) is 6.08 Å². The van der Waals surface area contributed by atoms with E-state index in [1.807, 2.05) is 12.1 Å². The Morgan fingerprint density at radius 1 is 1.39 bits per heavy atom. The van der Waals surface area contributed by atoms with Crippen molar-refractivity contribution < 1.29 is 24.2 Å². The standard InChI is InChI=1S/C16H21NO5S/c1-4-9-22-10-14(16(19)20)17-15(18)11(2)23-13-7-5-12(21-3)6-8-13/h4-8,11,14H,1,9-10H2,2-3H3,(H,17,18)(H,19,20). The number of carbonyl (C=O) groups excluding carboxylic acids is 1. The van der Waals surface area contributed by atoms with Gasteiger partial charge in [0.15, 0.2) is 6.04 Å². The van der Waals surface area contributed by atoms with E-state index >= 15 is 0 Å². The fourth-order valence-electron chi connectivity index (χ4n) is 1.64. The van der Waals surface area contributed by atoms with Crippen LogP contribution >= 0.6 is 11.8 Å². The van der Waals surface area contributed by atoms with Crippen molar-refractivity contribution in [3.8, 4) is 5.75 Å². The Morgan fingerprint density at radius 3 is 2.57 bits per heavy atom. The summed E-state index contributed by atoms with van der Waals surface area (Å²) in [5.74, 6) is -0.763. The molecule has 0 aromatic heterocycles. The number of aliphatic carboxylic acids is 1. The second kappa shape index (κ2) is 9.91. The summed E-state index contributed by atoms with van der Waals surface area (Å²) >= 11 is 1.34. The molecule has 1 amide bonds. The molecule has 1 rings (SSSR count). The summed E-state index contributed by atoms with van der Waals surface area (Å²) in [5, 5.41) is 11.1. The third-order valence-electron chi connectivity index (χ3n) is 2.88. The fourth-order valence-corrected chi connectivity index (χ4v) is 2.52. The zero-order valence-corrected chi connectivity index (χ0v) is 14.0. The summed E-state index contributed by atoms with van der Waals surface area (Å²) in [6.45, 7) is 5.32. The van der Waals surface area contributed by atoms with Crippen LogP contribution in [0.4, 0.5) is 0 Å². The quantitative estimate of drug-likeness (QED) is 0.385. The number of hydrogen-bond acceptors (Lipinski definition) is 5. The van der Waals surface area contributed by atoms with Crippen LogP contribution in [0, 0.1) is 0 Å². The van der Waals surface area contributed by atoms with Crippen LogP contribution in [0.2, 0.25) is 0 Å². The number of nitrogens with one attached hydrogen (secondary N) is 1. The third kappa shape index (κ3) is 6.75. The molecule has 0 fully saturated rings. The summed E-state index contributed by atoms with van der Waals surface area (Å²) in [5.41, 5.74) is 0. The van der Waals surface area contributed by atoms with Gasteiger partial charge in [-0.05, 0) is 31.2 Å². The zero-order chi connectivity index (χ0) is 17.2. The predicted octanol–water partition coefficient (Wildman–Crippen LogP) is 1.95. The first-order valence-corrected chi connectivity index (χ1v) is 7.88. The molecule has 0 spiro atoms. The average Bonchev–Trinajstić information content (AvgIpc) is 2.54. The van der Waals surface area contributed by atoms with E-state index in [2.05, 4.69) is 11.9 Å². The van der Waals surface area contributed by atoms with Crippen LogP contribution in [0.1, 0.15) is 6.92 Å². The SMILES string of the molecule is C=CCOCC(NC(=O)C(C)Sc1ccc(OC)cc1)C(=O)O. The smallest absolute Gasteiger partial charge is 0.328 e. The van der Waals surface area contributed by atoms with Crippen LogP contribution in [0.5, 0.6) is 5.75 Å². The van der Waals surface area contributed by atoms with Gasteiger partial charge in [-0.25, -0.2) is 4.79 Å². The van der Waals surface area contributed by atoms with Crippen molar-refractivity contribution in [2.24, 2.45) is 0 Å². The number of carboxylic acids is 1. The Labute approximate surface area is 139 Å². The van der Waals surface area contributed by atoms with E-state index in [4.69, 9.17) is 14.6 Å². The molecule has 2 atom stereocenters. The van der Waals surface area contributed by atoms with Crippen molar-refractivity contribution in [2.45, 2.75) is 23.1 Å². The van der Waals surface area contributed by atoms with Gasteiger partial charge in [-0.3, -0.25) is 4.79 Å². The number of carbonyl (C=O) groups is 2. The number of benzene rings is 1. The van der Waals surface area contributed by atoms with Crippen molar-refractivity contribution in [3.63, 3.8) is 0 Å². The van der Waals surface area contributed by atoms with Gasteiger partial charge in [0.25, 0.3) is 0 Å². The summed E-state index contributed by atoms with van der Waals surface area (Å²) in [4.78, 5) is 24.2. The van der Waals surface area contributed by atoms with Crippen molar-refractivity contribution >= 4 is 23.6 Å². The van der Waals surface area contributed by atoms with Crippen LogP contribution in [0.3, 0.4) is 0 Å². The molecular weight excluding hydrogens is 318 g/mol. The van der Waals surface area contributed by atoms with Crippen molar-refractivity contribution in [1.29, 1.82) is 0 Å². The molecule has 0 saturated heterocycles. The Kier molecular flexibility index (Phi) is 8.21. The van der Waals surface area contributed by atoms with E-state index in [0.717, 1.165) is 10.6 Å². The van der Waals surface area contributed by atoms with E-state index in [1.54, 1.807) is 26.2 Å². The number of ether oxygens (including phenoxy) is 2. The van der Waals surface area contributed by atoms with E-state index in [1.165, 1.54) is 17.8 Å². The molecule has 0 aliphatic rings. The second-order valence-corrected chi connectivity index (χ2v) is 6.08. The Balaban J connectivity index is 2.55. The topological polar surface area (TPSA) is 84.9 Å². The molecule has 1 aromatic rings. The minimum absolute atomic E-state index is 0.104. The molecule has 0 radical (unpaired) electrons. The van der Waals surface area contributed by atoms with E-state index < -0.39 is 17.3 Å². The maximum absolute atomic E-state index is 12.1. The molecule has 6 nitrogen and oxygen atoms in total. The summed E-state index contributed by atoms with van der Waals surface area (Å²) in [6.07, 6.45) is 1.52. The van der Waals surface area contributed by atoms with Gasteiger partial charge >= 0.3 is 5.97 Å². The first-order chi connectivity index (χ1) is 11.0. The van der Waals surface area contributed by atoms with Crippen LogP contribution in [0.25, 0.3) is 0 Å². The number of rotatable bonds is 10. The molecule has 0 saturated carbocycles. The maximum atomic E-state index is 12.1. The number of methoxy groups -OCH3 is 1. The Bertz CT molecular complexity index is 532. The highest BCUT2D eigenvalue weighted by molar-refractivity contribution is 8.00. The van der Waals surface area contributed by atoms with Gasteiger partial charge in [0.05, 0.1) is 25.6 Å². The Hall–Kier alpha value is -1.99. The van der Waals surface area contributed by atoms with Crippen LogP contribution in [0.15, 0.2) is 41.8 Å². The normalized spacial score (nSPS) is 13.0. The van der Waals surface area contributed by atoms with Gasteiger partial charge in [-0.2, -0.15) is 0 Å². The lowest BCUT2D eigenvalue weighted by atomic mass is 10.3. The number of carboxylic acid groups (broad SMARTS) is 1. The fraction of sp³-hybridized carbons (Fsp3) is 0.375. The largest absolute Gasteiger partial charge is 0.497 e. The van der Waals surface area contributed by atoms with Gasteiger partial charge in [0.2, 0.25) is 5.91 Å². The minimum Gasteiger partial charge on any atom is -0.497 e. The monoisotopic (exact) mass is 339 g/mol. The van der Waals surface area contributed by atoms with Crippen molar-refractivity contribution in [2.75, 3.05) is 20.3 Å². The molecule has 23 heavy (non-hydrogen) atoms. The lowest BCUT2D eigenvalue weighted by Crippen LogP contribution is -2.46. The van der Waals surface area contributed by atoms with Crippen molar-refractivity contribution in [1.82, 2.24) is 5.32 Å². The number of thioether (sulfide) groups is 1. The molecule has 2 unspecified atom stereocenters. The number of amides is 1. The van der Waals surface area contributed by atoms with E-state index in [-0.39, 0.29) is 19.1 Å². The van der Waals surface area contributed by atoms with Crippen LogP contribution < -0.4 is 10.1 Å². The molecule has 0 aliphatic heterocycles. The molecule has 0 heterocycles. The van der Waals surface area contributed by atoms with E-state index in [9.17, 15) is 9.59 Å². The highest BCUT2D eigenvalue weighted by atomic mass is 32.2. The average molecular weight is 339 g/mol. The maximum Gasteiger partial charge on any atom is 0.328 e. The predicted molar refractivity (Wildman–Crippen MR) is 88.9 cm³/mol. The van der Waals surface area contributed by atoms with Crippen LogP contribution in [-0.2, 0) is 14.3 Å². The minimum atomic E-state index is -1.14. The lowest BCUT2D eigenvalue weighted by molar-refractivity contribution is -0.143. The molecule has 0 aliphatic carbocycles. The molecule has 2 N–H and O–H groups in total. The highest BCUT2D eigenvalue weighted by Crippen LogP contribution is 2.25. The van der Waals surface area contributed by atoms with E-state index in [0.29, 0.717) is 0 Å². The molecule has 7 heteroatoms. The first kappa shape index (κ1) is 19.1. The van der Waals surface area contributed by atoms with Gasteiger partial charge in [0, 0.05) is 4.90 Å². The molecular formula is C16H21NO5S. The van der Waals surface area contributed by atoms with Crippen molar-refractivity contribution in [3.05, 3.63) is 36.9 Å². The lowest BCUT2D eigenvalue weighted by Gasteiger charge is -2.17. The van der Waals surface area contributed by atoms with Crippen LogP contribution in [-0.4, -0.2) is 48.6 Å². The van der Waals surface area contributed by atoms with Gasteiger partial charge in [-0.15, -0.1) is 18.3 Å². The zero-order valence-electron chi connectivity index (χ0n) is 13.2. The number of hydrogen-bond donors (Lipinski definition) is 2. The summed E-state index contributed by atoms with van der Waals surface area (Å²) in [6, 6.07) is 6.21. The summed E-state index contributed by atoms with van der Waals surface area (Å²) in [7, 11) is 1.58. The first-order valence-electron chi connectivity index (χ1n) is 7.00. The molecule has 0 bridgehead atoms. The Morgan fingerprint density at radius 2 is 2.04 bits per heavy atom. The highest BCUT2D eigenvalue weighted by Gasteiger charge is 2.23. The van der Waals surface area contributed by atoms with Gasteiger partial charge < -0.3 is 19.9 Å². The third-order valence-corrected chi connectivity index (χ3v) is 3.99. The second-order valence-electron chi connectivity index (χ2n) is 4.66. The molecule has 126 valence electrons. The molecule has 1 aromatic carbocycles. The van der Waals surface area contributed by atoms with Gasteiger partial charge in [0.1, 0.15) is 5.75 Å².